The number of carbonyl (C=O) groups excluding carboxylic acids is 1. The molecule has 1 aromatic rings. The Morgan fingerprint density at radius 1 is 1.42 bits per heavy atom. The zero-order valence-corrected chi connectivity index (χ0v) is 12.9. The van der Waals surface area contributed by atoms with Crippen molar-refractivity contribution in [1.29, 1.82) is 0 Å². The van der Waals surface area contributed by atoms with Gasteiger partial charge in [0, 0.05) is 11.6 Å². The zero-order valence-electron chi connectivity index (χ0n) is 11.4. The third-order valence-electron chi connectivity index (χ3n) is 2.66. The SMILES string of the molecule is CC(C)C[C@H](N)C(=O)NCCc1cccc(Cl)c1.Cl. The topological polar surface area (TPSA) is 55.1 Å². The van der Waals surface area contributed by atoms with E-state index in [2.05, 4.69) is 19.2 Å². The Bertz CT molecular complexity index is 397. The van der Waals surface area contributed by atoms with Crippen LogP contribution in [-0.2, 0) is 11.2 Å². The van der Waals surface area contributed by atoms with Gasteiger partial charge in [-0.1, -0.05) is 37.6 Å². The van der Waals surface area contributed by atoms with Crippen molar-refractivity contribution in [3.8, 4) is 0 Å². The summed E-state index contributed by atoms with van der Waals surface area (Å²) in [5.41, 5.74) is 6.90. The molecule has 0 aliphatic heterocycles. The molecule has 0 saturated heterocycles. The zero-order chi connectivity index (χ0) is 13.5. The molecule has 19 heavy (non-hydrogen) atoms. The highest BCUT2D eigenvalue weighted by Gasteiger charge is 2.13. The number of hydrogen-bond acceptors (Lipinski definition) is 2. The van der Waals surface area contributed by atoms with E-state index in [0.717, 1.165) is 17.0 Å². The molecular formula is C14H22Cl2N2O. The van der Waals surface area contributed by atoms with Crippen LogP contribution in [0.5, 0.6) is 0 Å². The van der Waals surface area contributed by atoms with Crippen LogP contribution < -0.4 is 11.1 Å². The molecule has 0 aromatic heterocycles. The van der Waals surface area contributed by atoms with E-state index in [-0.39, 0.29) is 18.3 Å². The van der Waals surface area contributed by atoms with E-state index in [1.165, 1.54) is 0 Å². The first kappa shape index (κ1) is 18.2. The highest BCUT2D eigenvalue weighted by molar-refractivity contribution is 6.30. The van der Waals surface area contributed by atoms with Crippen molar-refractivity contribution in [2.24, 2.45) is 11.7 Å². The van der Waals surface area contributed by atoms with Gasteiger partial charge in [0.15, 0.2) is 0 Å². The van der Waals surface area contributed by atoms with E-state index < -0.39 is 6.04 Å². The highest BCUT2D eigenvalue weighted by Crippen LogP contribution is 2.10. The normalized spacial score (nSPS) is 11.8. The first-order valence-electron chi connectivity index (χ1n) is 6.26. The number of amides is 1. The molecule has 3 N–H and O–H groups in total. The van der Waals surface area contributed by atoms with E-state index in [9.17, 15) is 4.79 Å². The lowest BCUT2D eigenvalue weighted by atomic mass is 10.0. The minimum atomic E-state index is -0.413. The molecular weight excluding hydrogens is 283 g/mol. The Morgan fingerprint density at radius 3 is 2.68 bits per heavy atom. The maximum atomic E-state index is 11.7. The largest absolute Gasteiger partial charge is 0.354 e. The minimum absolute atomic E-state index is 0. The van der Waals surface area contributed by atoms with E-state index in [1.807, 2.05) is 24.3 Å². The van der Waals surface area contributed by atoms with Crippen LogP contribution in [0.25, 0.3) is 0 Å². The van der Waals surface area contributed by atoms with Gasteiger partial charge in [-0.2, -0.15) is 0 Å². The van der Waals surface area contributed by atoms with Gasteiger partial charge in [-0.25, -0.2) is 0 Å². The molecule has 0 heterocycles. The molecule has 108 valence electrons. The number of nitrogens with two attached hydrogens (primary N) is 1. The van der Waals surface area contributed by atoms with Crippen molar-refractivity contribution in [3.05, 3.63) is 34.9 Å². The summed E-state index contributed by atoms with van der Waals surface area (Å²) < 4.78 is 0. The maximum absolute atomic E-state index is 11.7. The Labute approximate surface area is 126 Å². The van der Waals surface area contributed by atoms with Crippen LogP contribution in [0.2, 0.25) is 5.02 Å². The number of halogens is 2. The van der Waals surface area contributed by atoms with Crippen LogP contribution in [-0.4, -0.2) is 18.5 Å². The van der Waals surface area contributed by atoms with Crippen molar-refractivity contribution in [1.82, 2.24) is 5.32 Å². The van der Waals surface area contributed by atoms with Gasteiger partial charge < -0.3 is 11.1 Å². The molecule has 0 fully saturated rings. The predicted octanol–water partition coefficient (Wildman–Crippen LogP) is 2.79. The second-order valence-electron chi connectivity index (χ2n) is 4.91. The van der Waals surface area contributed by atoms with E-state index in [4.69, 9.17) is 17.3 Å². The Morgan fingerprint density at radius 2 is 2.11 bits per heavy atom. The predicted molar refractivity (Wildman–Crippen MR) is 82.8 cm³/mol. The van der Waals surface area contributed by atoms with E-state index >= 15 is 0 Å². The van der Waals surface area contributed by atoms with Crippen molar-refractivity contribution < 1.29 is 4.79 Å². The third kappa shape index (κ3) is 7.41. The Hall–Kier alpha value is -0.770. The van der Waals surface area contributed by atoms with Gasteiger partial charge >= 0.3 is 0 Å². The van der Waals surface area contributed by atoms with E-state index in [0.29, 0.717) is 18.9 Å². The first-order chi connectivity index (χ1) is 8.49. The molecule has 0 unspecified atom stereocenters. The molecule has 0 aliphatic carbocycles. The summed E-state index contributed by atoms with van der Waals surface area (Å²) >= 11 is 5.89. The third-order valence-corrected chi connectivity index (χ3v) is 2.90. The van der Waals surface area contributed by atoms with Crippen LogP contribution in [0.3, 0.4) is 0 Å². The minimum Gasteiger partial charge on any atom is -0.354 e. The van der Waals surface area contributed by atoms with Crippen LogP contribution in [0.15, 0.2) is 24.3 Å². The maximum Gasteiger partial charge on any atom is 0.236 e. The fraction of sp³-hybridized carbons (Fsp3) is 0.500. The summed E-state index contributed by atoms with van der Waals surface area (Å²) in [5.74, 6) is 0.351. The number of hydrogen-bond donors (Lipinski definition) is 2. The Kier molecular flexibility index (Phi) is 8.81. The molecule has 0 bridgehead atoms. The van der Waals surface area contributed by atoms with Crippen LogP contribution in [0, 0.1) is 5.92 Å². The van der Waals surface area contributed by atoms with Crippen LogP contribution in [0.4, 0.5) is 0 Å². The highest BCUT2D eigenvalue weighted by atomic mass is 35.5. The summed E-state index contributed by atoms with van der Waals surface area (Å²) in [6, 6.07) is 7.23. The fourth-order valence-corrected chi connectivity index (χ4v) is 1.98. The van der Waals surface area contributed by atoms with Crippen molar-refractivity contribution in [3.63, 3.8) is 0 Å². The molecule has 5 heteroatoms. The second kappa shape index (κ2) is 9.18. The Balaban J connectivity index is 0.00000324. The molecule has 0 saturated carbocycles. The average molecular weight is 305 g/mol. The molecule has 3 nitrogen and oxygen atoms in total. The monoisotopic (exact) mass is 304 g/mol. The van der Waals surface area contributed by atoms with Crippen LogP contribution >= 0.6 is 24.0 Å². The molecule has 0 spiro atoms. The van der Waals surface area contributed by atoms with Gasteiger partial charge in [-0.3, -0.25) is 4.79 Å². The van der Waals surface area contributed by atoms with Gasteiger partial charge in [0.05, 0.1) is 6.04 Å². The smallest absolute Gasteiger partial charge is 0.236 e. The van der Waals surface area contributed by atoms with Crippen molar-refractivity contribution in [2.75, 3.05) is 6.54 Å². The summed E-state index contributed by atoms with van der Waals surface area (Å²) in [6.07, 6.45) is 1.48. The molecule has 0 radical (unpaired) electrons. The second-order valence-corrected chi connectivity index (χ2v) is 5.34. The summed E-state index contributed by atoms with van der Waals surface area (Å²) in [5, 5.41) is 3.57. The van der Waals surface area contributed by atoms with Gasteiger partial charge in [-0.15, -0.1) is 12.4 Å². The van der Waals surface area contributed by atoms with Gasteiger partial charge in [0.25, 0.3) is 0 Å². The molecule has 0 aliphatic rings. The van der Waals surface area contributed by atoms with Crippen LogP contribution in [0.1, 0.15) is 25.8 Å². The lowest BCUT2D eigenvalue weighted by Crippen LogP contribution is -2.42. The van der Waals surface area contributed by atoms with Gasteiger partial charge in [0.2, 0.25) is 5.91 Å². The number of benzene rings is 1. The first-order valence-corrected chi connectivity index (χ1v) is 6.64. The molecule has 1 aromatic carbocycles. The molecule has 1 amide bonds. The number of nitrogens with one attached hydrogen (secondary N) is 1. The number of carbonyl (C=O) groups is 1. The lowest BCUT2D eigenvalue weighted by Gasteiger charge is -2.14. The summed E-state index contributed by atoms with van der Waals surface area (Å²) in [7, 11) is 0. The fourth-order valence-electron chi connectivity index (χ4n) is 1.77. The molecule has 1 rings (SSSR count). The average Bonchev–Trinajstić information content (AvgIpc) is 2.28. The quantitative estimate of drug-likeness (QED) is 0.849. The van der Waals surface area contributed by atoms with Gasteiger partial charge in [0.1, 0.15) is 0 Å². The lowest BCUT2D eigenvalue weighted by molar-refractivity contribution is -0.122. The van der Waals surface area contributed by atoms with Crippen molar-refractivity contribution in [2.45, 2.75) is 32.7 Å². The van der Waals surface area contributed by atoms with Crippen molar-refractivity contribution >= 4 is 29.9 Å². The molecule has 1 atom stereocenters. The number of rotatable bonds is 6. The summed E-state index contributed by atoms with van der Waals surface area (Å²) in [4.78, 5) is 11.7. The summed E-state index contributed by atoms with van der Waals surface area (Å²) in [6.45, 7) is 4.70. The van der Waals surface area contributed by atoms with E-state index in [1.54, 1.807) is 0 Å². The standard InChI is InChI=1S/C14H21ClN2O.ClH/c1-10(2)8-13(16)14(18)17-7-6-11-4-3-5-12(15)9-11;/h3-5,9-10,13H,6-8,16H2,1-2H3,(H,17,18);1H/t13-;/m0./s1. The van der Waals surface area contributed by atoms with Gasteiger partial charge in [-0.05, 0) is 36.5 Å².